The fourth-order valence-corrected chi connectivity index (χ4v) is 4.14. The summed E-state index contributed by atoms with van der Waals surface area (Å²) in [6, 6.07) is 6.13. The van der Waals surface area contributed by atoms with Crippen molar-refractivity contribution in [3.8, 4) is 5.75 Å². The van der Waals surface area contributed by atoms with Crippen LogP contribution in [0.1, 0.15) is 57.9 Å². The van der Waals surface area contributed by atoms with Gasteiger partial charge in [0.05, 0.1) is 0 Å². The van der Waals surface area contributed by atoms with E-state index in [9.17, 15) is 4.79 Å². The van der Waals surface area contributed by atoms with E-state index in [-0.39, 0.29) is 5.91 Å². The molecule has 2 fully saturated rings. The average molecular weight is 418 g/mol. The minimum atomic E-state index is 0.00495. The Bertz CT molecular complexity index is 738. The van der Waals surface area contributed by atoms with E-state index in [1.165, 1.54) is 12.8 Å². The second-order valence-corrected chi connectivity index (χ2v) is 8.16. The van der Waals surface area contributed by atoms with Gasteiger partial charge >= 0.3 is 0 Å². The largest absolute Gasteiger partial charge is 0.491 e. The van der Waals surface area contributed by atoms with Gasteiger partial charge in [-0.1, -0.05) is 13.3 Å². The number of nitrogens with two attached hydrogens (primary N) is 1. The number of anilines is 1. The normalized spacial score (nSPS) is 22.4. The lowest BCUT2D eigenvalue weighted by Crippen LogP contribution is -2.38. The van der Waals surface area contributed by atoms with Gasteiger partial charge in [0.15, 0.2) is 0 Å². The van der Waals surface area contributed by atoms with Gasteiger partial charge in [-0.15, -0.1) is 0 Å². The van der Waals surface area contributed by atoms with Gasteiger partial charge in [-0.05, 0) is 63.3 Å². The van der Waals surface area contributed by atoms with Crippen molar-refractivity contribution in [2.45, 2.75) is 58.4 Å². The number of piperidine rings is 1. The van der Waals surface area contributed by atoms with Crippen LogP contribution in [-0.2, 0) is 14.4 Å². The molecule has 1 aromatic carbocycles. The summed E-state index contributed by atoms with van der Waals surface area (Å²) in [4.78, 5) is 17.5. The van der Waals surface area contributed by atoms with Gasteiger partial charge in [0.2, 0.25) is 5.91 Å². The van der Waals surface area contributed by atoms with Gasteiger partial charge in [-0.3, -0.25) is 4.79 Å². The number of hydrogen-bond acceptors (Lipinski definition) is 6. The molecule has 1 aromatic rings. The topological polar surface area (TPSA) is 94.8 Å². The van der Waals surface area contributed by atoms with Crippen molar-refractivity contribution in [1.29, 1.82) is 0 Å². The molecule has 2 heterocycles. The minimum Gasteiger partial charge on any atom is -0.491 e. The summed E-state index contributed by atoms with van der Waals surface area (Å²) < 4.78 is 11.6. The maximum atomic E-state index is 12.5. The molecule has 0 aliphatic carbocycles. The van der Waals surface area contributed by atoms with Gasteiger partial charge in [-0.2, -0.15) is 5.90 Å². The maximum absolute atomic E-state index is 12.5. The first kappa shape index (κ1) is 22.6. The first-order chi connectivity index (χ1) is 14.6. The van der Waals surface area contributed by atoms with E-state index in [0.29, 0.717) is 37.4 Å². The van der Waals surface area contributed by atoms with Crippen molar-refractivity contribution in [2.24, 2.45) is 11.8 Å². The van der Waals surface area contributed by atoms with E-state index in [4.69, 9.17) is 20.2 Å². The van der Waals surface area contributed by atoms with Crippen molar-refractivity contribution in [1.82, 2.24) is 5.32 Å². The zero-order chi connectivity index (χ0) is 21.3. The van der Waals surface area contributed by atoms with Crippen LogP contribution in [0.25, 0.3) is 5.57 Å². The van der Waals surface area contributed by atoms with Crippen molar-refractivity contribution < 1.29 is 19.1 Å². The lowest BCUT2D eigenvalue weighted by molar-refractivity contribution is -0.117. The number of hydrogen-bond donors (Lipinski definition) is 3. The van der Waals surface area contributed by atoms with Crippen LogP contribution in [0, 0.1) is 5.92 Å². The molecule has 4 N–H and O–H groups in total. The number of nitrogens with one attached hydrogen (secondary N) is 2. The highest BCUT2D eigenvalue weighted by Gasteiger charge is 2.20. The fraction of sp³-hybridized carbons (Fsp3) is 0.609. The van der Waals surface area contributed by atoms with Crippen LogP contribution in [0.4, 0.5) is 5.69 Å². The third-order valence-corrected chi connectivity index (χ3v) is 5.89. The van der Waals surface area contributed by atoms with Crippen molar-refractivity contribution in [3.05, 3.63) is 29.5 Å². The summed E-state index contributed by atoms with van der Waals surface area (Å²) in [5.74, 6) is 7.17. The molecule has 166 valence electrons. The van der Waals surface area contributed by atoms with Crippen LogP contribution in [0.3, 0.4) is 0 Å². The number of allylic oxidation sites excluding steroid dienone is 2. The molecule has 0 spiro atoms. The molecule has 2 aliphatic rings. The molecule has 0 unspecified atom stereocenters. The molecular weight excluding hydrogens is 382 g/mol. The highest BCUT2D eigenvalue weighted by Crippen LogP contribution is 2.33. The molecule has 30 heavy (non-hydrogen) atoms. The fourth-order valence-electron chi connectivity index (χ4n) is 4.14. The Labute approximate surface area is 179 Å². The van der Waals surface area contributed by atoms with Crippen LogP contribution in [-0.4, -0.2) is 38.3 Å². The maximum Gasteiger partial charge on any atom is 0.224 e. The number of benzene rings is 1. The number of ether oxygens (including phenoxy) is 2. The van der Waals surface area contributed by atoms with Crippen LogP contribution in [0.5, 0.6) is 5.75 Å². The number of amides is 1. The molecule has 2 saturated heterocycles. The van der Waals surface area contributed by atoms with Crippen LogP contribution in [0.15, 0.2) is 24.0 Å². The molecule has 2 atom stereocenters. The second-order valence-electron chi connectivity index (χ2n) is 8.16. The first-order valence-electron chi connectivity index (χ1n) is 11.0. The summed E-state index contributed by atoms with van der Waals surface area (Å²) in [6.07, 6.45) is 5.72. The predicted molar refractivity (Wildman–Crippen MR) is 118 cm³/mol. The standard InChI is InChI=1S/C23H35N3O4/c1-3-20(16(2)30-24)21-13-18(26-23(27)12-17-9-11-28-14-17)7-8-22(21)29-15-19-6-4-5-10-25-19/h7-8,13,17,19,25H,3-6,9-12,14-15,24H2,1-2H3,(H,26,27)/b20-16+/t17-,19-/m1/s1. The smallest absolute Gasteiger partial charge is 0.224 e. The average Bonchev–Trinajstić information content (AvgIpc) is 3.27. The Balaban J connectivity index is 1.76. The monoisotopic (exact) mass is 417 g/mol. The van der Waals surface area contributed by atoms with E-state index in [0.717, 1.165) is 55.0 Å². The zero-order valence-corrected chi connectivity index (χ0v) is 18.2. The van der Waals surface area contributed by atoms with Crippen molar-refractivity contribution in [2.75, 3.05) is 31.7 Å². The van der Waals surface area contributed by atoms with Crippen LogP contribution in [0.2, 0.25) is 0 Å². The molecule has 0 radical (unpaired) electrons. The molecule has 0 saturated carbocycles. The third-order valence-electron chi connectivity index (χ3n) is 5.89. The molecule has 0 aromatic heterocycles. The molecule has 0 bridgehead atoms. The second kappa shape index (κ2) is 11.3. The molecule has 3 rings (SSSR count). The Hall–Kier alpha value is -2.09. The zero-order valence-electron chi connectivity index (χ0n) is 18.2. The number of carbonyl (C=O) groups is 1. The molecule has 7 nitrogen and oxygen atoms in total. The SMILES string of the molecule is CC/C(=C(/C)ON)c1cc(NC(=O)C[C@H]2CCOC2)ccc1OC[C@H]1CCCCN1. The highest BCUT2D eigenvalue weighted by molar-refractivity contribution is 5.91. The molecular formula is C23H35N3O4. The van der Waals surface area contributed by atoms with Gasteiger partial charge in [0.25, 0.3) is 0 Å². The molecule has 7 heteroatoms. The van der Waals surface area contributed by atoms with Gasteiger partial charge in [0.1, 0.15) is 18.1 Å². The van der Waals surface area contributed by atoms with Gasteiger partial charge in [-0.25, -0.2) is 0 Å². The van der Waals surface area contributed by atoms with E-state index in [1.54, 1.807) is 0 Å². The Morgan fingerprint density at radius 1 is 1.33 bits per heavy atom. The number of carbonyl (C=O) groups excluding carboxylic acids is 1. The number of rotatable bonds is 9. The summed E-state index contributed by atoms with van der Waals surface area (Å²) in [7, 11) is 0. The van der Waals surface area contributed by atoms with Crippen LogP contribution >= 0.6 is 0 Å². The van der Waals surface area contributed by atoms with Crippen molar-refractivity contribution in [3.63, 3.8) is 0 Å². The Morgan fingerprint density at radius 2 is 2.20 bits per heavy atom. The molecule has 1 amide bonds. The lowest BCUT2D eigenvalue weighted by atomic mass is 10.00. The Kier molecular flexibility index (Phi) is 8.54. The predicted octanol–water partition coefficient (Wildman–Crippen LogP) is 3.60. The lowest BCUT2D eigenvalue weighted by Gasteiger charge is -2.24. The summed E-state index contributed by atoms with van der Waals surface area (Å²) in [6.45, 7) is 6.95. The van der Waals surface area contributed by atoms with E-state index < -0.39 is 0 Å². The Morgan fingerprint density at radius 3 is 2.87 bits per heavy atom. The third kappa shape index (κ3) is 6.20. The molecule has 2 aliphatic heterocycles. The quantitative estimate of drug-likeness (QED) is 0.420. The van der Waals surface area contributed by atoms with E-state index in [2.05, 4.69) is 17.6 Å². The van der Waals surface area contributed by atoms with Crippen LogP contribution < -0.4 is 21.3 Å². The van der Waals surface area contributed by atoms with Crippen molar-refractivity contribution >= 4 is 17.2 Å². The summed E-state index contributed by atoms with van der Waals surface area (Å²) in [5, 5.41) is 6.53. The van der Waals surface area contributed by atoms with Gasteiger partial charge in [0, 0.05) is 42.5 Å². The summed E-state index contributed by atoms with van der Waals surface area (Å²) >= 11 is 0. The summed E-state index contributed by atoms with van der Waals surface area (Å²) in [5.41, 5.74) is 2.61. The van der Waals surface area contributed by atoms with Gasteiger partial charge < -0.3 is 24.9 Å². The highest BCUT2D eigenvalue weighted by atomic mass is 16.6. The first-order valence-corrected chi connectivity index (χ1v) is 11.0. The van der Waals surface area contributed by atoms with E-state index in [1.807, 2.05) is 25.1 Å². The minimum absolute atomic E-state index is 0.00495. The van der Waals surface area contributed by atoms with E-state index >= 15 is 0 Å².